The van der Waals surface area contributed by atoms with Gasteiger partial charge in [-0.1, -0.05) is 0 Å². The number of piperidine rings is 1. The molecular weight excluding hydrogens is 395 g/mol. The van der Waals surface area contributed by atoms with Crippen LogP contribution in [0.25, 0.3) is 22.3 Å². The summed E-state index contributed by atoms with van der Waals surface area (Å²) in [4.78, 5) is 0. The monoisotopic (exact) mass is 417 g/mol. The molecule has 0 bridgehead atoms. The van der Waals surface area contributed by atoms with Gasteiger partial charge in [0.1, 0.15) is 11.0 Å². The molecule has 0 radical (unpaired) electrons. The summed E-state index contributed by atoms with van der Waals surface area (Å²) in [6, 6.07) is 2.79. The lowest BCUT2D eigenvalue weighted by molar-refractivity contribution is -0.136. The molecule has 1 aliphatic heterocycles. The number of alkyl halides is 3. The normalized spacial score (nSPS) is 19.6. The molecule has 7 nitrogen and oxygen atoms in total. The van der Waals surface area contributed by atoms with Gasteiger partial charge in [0.25, 0.3) is 0 Å². The van der Waals surface area contributed by atoms with Crippen LogP contribution in [0.5, 0.6) is 0 Å². The molecule has 1 saturated heterocycles. The van der Waals surface area contributed by atoms with Crippen molar-refractivity contribution in [3.05, 3.63) is 28.8 Å². The van der Waals surface area contributed by atoms with E-state index >= 15 is 0 Å². The molecule has 5 rings (SSSR count). The first-order valence-corrected chi connectivity index (χ1v) is 10.3. The molecule has 0 spiro atoms. The van der Waals surface area contributed by atoms with E-state index in [4.69, 9.17) is 0 Å². The summed E-state index contributed by atoms with van der Waals surface area (Å²) in [6.45, 7) is 1.92. The lowest BCUT2D eigenvalue weighted by atomic mass is 9.88. The first-order chi connectivity index (χ1) is 14.5. The third-order valence-corrected chi connectivity index (χ3v) is 5.96. The number of hydrogen-bond donors (Lipinski definition) is 3. The van der Waals surface area contributed by atoms with Gasteiger partial charge in [0.05, 0.1) is 11.3 Å². The predicted octanol–water partition coefficient (Wildman–Crippen LogP) is 3.48. The number of aromatic nitrogens is 5. The number of halogens is 3. The Morgan fingerprint density at radius 2 is 1.77 bits per heavy atom. The summed E-state index contributed by atoms with van der Waals surface area (Å²) >= 11 is 0. The van der Waals surface area contributed by atoms with E-state index in [-0.39, 0.29) is 11.0 Å². The van der Waals surface area contributed by atoms with Crippen LogP contribution in [0.2, 0.25) is 0 Å². The standard InChI is InChI=1S/C20H22F3N7/c21-20(22,23)15-8-7-14(17-18(15)28-30-27-17)16-12-5-1-2-6-13(12)19(29-26-16)25-11-4-3-9-24-10-11/h7-8,11,24H,1-6,9-10H2,(H,25,29)(H,27,28,30). The largest absolute Gasteiger partial charge is 0.418 e. The van der Waals surface area contributed by atoms with Gasteiger partial charge in [0, 0.05) is 23.7 Å². The second kappa shape index (κ2) is 7.50. The zero-order chi connectivity index (χ0) is 20.7. The van der Waals surface area contributed by atoms with Crippen LogP contribution in [-0.2, 0) is 19.0 Å². The highest BCUT2D eigenvalue weighted by molar-refractivity contribution is 5.93. The number of anilines is 1. The van der Waals surface area contributed by atoms with E-state index in [2.05, 4.69) is 36.2 Å². The van der Waals surface area contributed by atoms with Crippen molar-refractivity contribution in [1.82, 2.24) is 30.9 Å². The summed E-state index contributed by atoms with van der Waals surface area (Å²) in [5.41, 5.74) is 2.47. The highest BCUT2D eigenvalue weighted by Gasteiger charge is 2.35. The molecule has 0 amide bonds. The number of nitrogens with zero attached hydrogens (tertiary/aromatic N) is 4. The van der Waals surface area contributed by atoms with Crippen molar-refractivity contribution in [3.8, 4) is 11.3 Å². The van der Waals surface area contributed by atoms with E-state index in [1.54, 1.807) is 0 Å². The first-order valence-electron chi connectivity index (χ1n) is 10.3. The van der Waals surface area contributed by atoms with Gasteiger partial charge in [0.15, 0.2) is 5.82 Å². The summed E-state index contributed by atoms with van der Waals surface area (Å²) in [5.74, 6) is 0.797. The van der Waals surface area contributed by atoms with Gasteiger partial charge >= 0.3 is 6.18 Å². The number of fused-ring (bicyclic) bond motifs is 2. The molecule has 3 N–H and O–H groups in total. The molecule has 1 fully saturated rings. The molecule has 1 atom stereocenters. The Morgan fingerprint density at radius 1 is 0.967 bits per heavy atom. The molecule has 2 aromatic heterocycles. The molecule has 1 aliphatic carbocycles. The van der Waals surface area contributed by atoms with Crippen molar-refractivity contribution >= 4 is 16.9 Å². The van der Waals surface area contributed by atoms with Crippen molar-refractivity contribution in [1.29, 1.82) is 0 Å². The van der Waals surface area contributed by atoms with Crippen molar-refractivity contribution in [2.75, 3.05) is 18.4 Å². The minimum Gasteiger partial charge on any atom is -0.364 e. The third kappa shape index (κ3) is 3.38. The van der Waals surface area contributed by atoms with Crippen LogP contribution in [0.4, 0.5) is 19.0 Å². The number of H-pyrrole nitrogens is 1. The predicted molar refractivity (Wildman–Crippen MR) is 106 cm³/mol. The molecule has 3 heterocycles. The second-order valence-corrected chi connectivity index (χ2v) is 7.93. The fourth-order valence-electron chi connectivity index (χ4n) is 4.50. The Bertz CT molecular complexity index is 1070. The van der Waals surface area contributed by atoms with Gasteiger partial charge in [-0.25, -0.2) is 0 Å². The van der Waals surface area contributed by atoms with Gasteiger partial charge < -0.3 is 10.6 Å². The molecule has 158 valence electrons. The second-order valence-electron chi connectivity index (χ2n) is 7.93. The van der Waals surface area contributed by atoms with E-state index < -0.39 is 11.7 Å². The van der Waals surface area contributed by atoms with E-state index in [9.17, 15) is 13.2 Å². The number of nitrogens with one attached hydrogen (secondary N) is 3. The van der Waals surface area contributed by atoms with Gasteiger partial charge in [-0.15, -0.1) is 10.2 Å². The minimum atomic E-state index is -4.50. The zero-order valence-corrected chi connectivity index (χ0v) is 16.3. The molecular formula is C20H22F3N7. The van der Waals surface area contributed by atoms with Crippen LogP contribution < -0.4 is 10.6 Å². The molecule has 30 heavy (non-hydrogen) atoms. The van der Waals surface area contributed by atoms with Crippen molar-refractivity contribution < 1.29 is 13.2 Å². The average Bonchev–Trinajstić information content (AvgIpc) is 3.23. The highest BCUT2D eigenvalue weighted by atomic mass is 19.4. The lowest BCUT2D eigenvalue weighted by Crippen LogP contribution is -2.39. The number of aromatic amines is 1. The van der Waals surface area contributed by atoms with Gasteiger partial charge in [-0.2, -0.15) is 28.6 Å². The number of rotatable bonds is 3. The Kier molecular flexibility index (Phi) is 4.80. The summed E-state index contributed by atoms with van der Waals surface area (Å²) in [7, 11) is 0. The fourth-order valence-corrected chi connectivity index (χ4v) is 4.50. The van der Waals surface area contributed by atoms with Crippen LogP contribution in [0, 0.1) is 0 Å². The maximum atomic E-state index is 13.4. The molecule has 1 aromatic carbocycles. The van der Waals surface area contributed by atoms with Crippen molar-refractivity contribution in [2.24, 2.45) is 0 Å². The maximum absolute atomic E-state index is 13.4. The van der Waals surface area contributed by atoms with Crippen molar-refractivity contribution in [2.45, 2.75) is 50.7 Å². The van der Waals surface area contributed by atoms with Gasteiger partial charge in [0.2, 0.25) is 0 Å². The topological polar surface area (TPSA) is 91.4 Å². The molecule has 10 heteroatoms. The Hall–Kier alpha value is -2.75. The molecule has 0 saturated carbocycles. The molecule has 3 aromatic rings. The maximum Gasteiger partial charge on any atom is 0.418 e. The van der Waals surface area contributed by atoms with Crippen LogP contribution in [0.15, 0.2) is 12.1 Å². The Balaban J connectivity index is 1.59. The van der Waals surface area contributed by atoms with E-state index in [0.717, 1.165) is 74.6 Å². The van der Waals surface area contributed by atoms with Gasteiger partial charge in [-0.3, -0.25) is 0 Å². The highest BCUT2D eigenvalue weighted by Crippen LogP contribution is 2.39. The van der Waals surface area contributed by atoms with Crippen molar-refractivity contribution in [3.63, 3.8) is 0 Å². The number of hydrogen-bond acceptors (Lipinski definition) is 6. The summed E-state index contributed by atoms with van der Waals surface area (Å²) in [6.07, 6.45) is 1.45. The smallest absolute Gasteiger partial charge is 0.364 e. The Labute approximate surface area is 170 Å². The fraction of sp³-hybridized carbons (Fsp3) is 0.500. The zero-order valence-electron chi connectivity index (χ0n) is 16.3. The lowest BCUT2D eigenvalue weighted by Gasteiger charge is -2.27. The van der Waals surface area contributed by atoms with Crippen LogP contribution in [0.1, 0.15) is 42.4 Å². The summed E-state index contributed by atoms with van der Waals surface area (Å²) < 4.78 is 40.1. The number of benzene rings is 1. The molecule has 1 unspecified atom stereocenters. The van der Waals surface area contributed by atoms with Gasteiger partial charge in [-0.05, 0) is 62.8 Å². The Morgan fingerprint density at radius 3 is 2.53 bits per heavy atom. The van der Waals surface area contributed by atoms with E-state index in [1.807, 2.05) is 0 Å². The minimum absolute atomic E-state index is 0.170. The van der Waals surface area contributed by atoms with Crippen LogP contribution in [-0.4, -0.2) is 44.7 Å². The summed E-state index contributed by atoms with van der Waals surface area (Å²) in [5, 5.41) is 25.9. The third-order valence-electron chi connectivity index (χ3n) is 5.96. The van der Waals surface area contributed by atoms with Crippen LogP contribution >= 0.6 is 0 Å². The SMILES string of the molecule is FC(F)(F)c1ccc(-c2nnc(NC3CCCNC3)c3c2CCCC3)c2n[nH]nc12. The van der Waals surface area contributed by atoms with Crippen LogP contribution in [0.3, 0.4) is 0 Å². The van der Waals surface area contributed by atoms with E-state index in [0.29, 0.717) is 17.3 Å². The quantitative estimate of drug-likeness (QED) is 0.605. The first kappa shape index (κ1) is 19.2. The van der Waals surface area contributed by atoms with E-state index in [1.165, 1.54) is 6.07 Å². The average molecular weight is 417 g/mol. The molecule has 2 aliphatic rings.